The van der Waals surface area contributed by atoms with Gasteiger partial charge in [0.2, 0.25) is 11.8 Å². The minimum atomic E-state index is -4.22. The van der Waals surface area contributed by atoms with Crippen LogP contribution in [0.25, 0.3) is 0 Å². The highest BCUT2D eigenvalue weighted by atomic mass is 79.9. The summed E-state index contributed by atoms with van der Waals surface area (Å²) in [6.45, 7) is 1.39. The molecule has 0 aliphatic carbocycles. The number of hydrogen-bond donors (Lipinski definition) is 1. The Hall–Kier alpha value is -4.15. The van der Waals surface area contributed by atoms with Crippen LogP contribution in [0.2, 0.25) is 0 Å². The van der Waals surface area contributed by atoms with Crippen LogP contribution in [0.1, 0.15) is 16.7 Å². The van der Waals surface area contributed by atoms with Gasteiger partial charge in [0.25, 0.3) is 10.0 Å². The Kier molecular flexibility index (Phi) is 10.6. The van der Waals surface area contributed by atoms with Crippen LogP contribution < -0.4 is 14.4 Å². The predicted octanol–water partition coefficient (Wildman–Crippen LogP) is 5.35. The first kappa shape index (κ1) is 31.8. The van der Waals surface area contributed by atoms with E-state index in [2.05, 4.69) is 21.2 Å². The summed E-state index contributed by atoms with van der Waals surface area (Å²) in [5, 5.41) is 2.69. The van der Waals surface area contributed by atoms with Crippen molar-refractivity contribution in [3.05, 3.63) is 124 Å². The second-order valence-electron chi connectivity index (χ2n) is 9.96. The standard InChI is InChI=1S/C33H34BrN3O5S/c1-24-13-19-28(20-14-24)43(40,41)37(29-11-7-8-12-31(29)42-3)23-32(38)36(22-26-15-17-27(34)18-16-26)30(33(39)35-2)21-25-9-5-4-6-10-25/h4-20,30H,21-23H2,1-3H3,(H,35,39)/t30-/m1/s1. The summed E-state index contributed by atoms with van der Waals surface area (Å²) in [5.41, 5.74) is 2.75. The van der Waals surface area contributed by atoms with Crippen LogP contribution in [0.3, 0.4) is 0 Å². The number of rotatable bonds is 12. The lowest BCUT2D eigenvalue weighted by Gasteiger charge is -2.34. The topological polar surface area (TPSA) is 96.0 Å². The first-order valence-electron chi connectivity index (χ1n) is 13.7. The average Bonchev–Trinajstić information content (AvgIpc) is 3.02. The molecule has 10 heteroatoms. The molecular formula is C33H34BrN3O5S. The molecule has 224 valence electrons. The number of aryl methyl sites for hydroxylation is 1. The summed E-state index contributed by atoms with van der Waals surface area (Å²) in [6.07, 6.45) is 0.238. The molecule has 0 spiro atoms. The number of halogens is 1. The zero-order chi connectivity index (χ0) is 31.0. The van der Waals surface area contributed by atoms with Gasteiger partial charge in [-0.05, 0) is 54.4 Å². The number of anilines is 1. The zero-order valence-corrected chi connectivity index (χ0v) is 26.6. The molecule has 43 heavy (non-hydrogen) atoms. The lowest BCUT2D eigenvalue weighted by molar-refractivity contribution is -0.139. The molecule has 4 aromatic carbocycles. The van der Waals surface area contributed by atoms with Crippen LogP contribution in [0.4, 0.5) is 5.69 Å². The Labute approximate surface area is 261 Å². The lowest BCUT2D eigenvalue weighted by atomic mass is 10.0. The van der Waals surface area contributed by atoms with Crippen molar-refractivity contribution in [2.75, 3.05) is 25.0 Å². The molecule has 2 amide bonds. The van der Waals surface area contributed by atoms with Crippen molar-refractivity contribution in [3.8, 4) is 5.75 Å². The highest BCUT2D eigenvalue weighted by molar-refractivity contribution is 9.10. The molecule has 0 heterocycles. The van der Waals surface area contributed by atoms with E-state index >= 15 is 0 Å². The quantitative estimate of drug-likeness (QED) is 0.221. The molecule has 1 N–H and O–H groups in total. The molecule has 0 aliphatic heterocycles. The Morgan fingerprint density at radius 2 is 1.49 bits per heavy atom. The summed E-state index contributed by atoms with van der Waals surface area (Å²) in [4.78, 5) is 29.2. The smallest absolute Gasteiger partial charge is 0.264 e. The number of carbonyl (C=O) groups is 2. The predicted molar refractivity (Wildman–Crippen MR) is 171 cm³/mol. The van der Waals surface area contributed by atoms with Crippen molar-refractivity contribution in [3.63, 3.8) is 0 Å². The molecular weight excluding hydrogens is 630 g/mol. The first-order valence-corrected chi connectivity index (χ1v) is 15.9. The summed E-state index contributed by atoms with van der Waals surface area (Å²) >= 11 is 3.44. The normalized spacial score (nSPS) is 11.8. The van der Waals surface area contributed by atoms with Gasteiger partial charge in [-0.2, -0.15) is 0 Å². The number of para-hydroxylation sites is 2. The van der Waals surface area contributed by atoms with Gasteiger partial charge in [0, 0.05) is 24.5 Å². The number of ether oxygens (including phenoxy) is 1. The molecule has 0 saturated heterocycles. The second kappa shape index (κ2) is 14.3. The average molecular weight is 665 g/mol. The first-order chi connectivity index (χ1) is 20.6. The van der Waals surface area contributed by atoms with E-state index in [1.807, 2.05) is 61.5 Å². The minimum absolute atomic E-state index is 0.0309. The van der Waals surface area contributed by atoms with Gasteiger partial charge in [0.05, 0.1) is 17.7 Å². The Morgan fingerprint density at radius 3 is 2.12 bits per heavy atom. The molecule has 8 nitrogen and oxygen atoms in total. The summed E-state index contributed by atoms with van der Waals surface area (Å²) < 4.78 is 35.7. The molecule has 0 fully saturated rings. The maximum Gasteiger partial charge on any atom is 0.264 e. The third kappa shape index (κ3) is 7.82. The maximum absolute atomic E-state index is 14.4. The third-order valence-corrected chi connectivity index (χ3v) is 9.33. The van der Waals surface area contributed by atoms with Gasteiger partial charge >= 0.3 is 0 Å². The van der Waals surface area contributed by atoms with Gasteiger partial charge in [-0.25, -0.2) is 8.42 Å². The van der Waals surface area contributed by atoms with E-state index in [-0.39, 0.29) is 35.2 Å². The highest BCUT2D eigenvalue weighted by Gasteiger charge is 2.35. The number of likely N-dealkylation sites (N-methyl/N-ethyl adjacent to an activating group) is 1. The number of nitrogens with zero attached hydrogens (tertiary/aromatic N) is 2. The SMILES string of the molecule is CNC(=O)[C@@H](Cc1ccccc1)N(Cc1ccc(Br)cc1)C(=O)CN(c1ccccc1OC)S(=O)(=O)c1ccc(C)cc1. The van der Waals surface area contributed by atoms with Gasteiger partial charge in [-0.1, -0.05) is 88.2 Å². The van der Waals surface area contributed by atoms with E-state index in [9.17, 15) is 18.0 Å². The van der Waals surface area contributed by atoms with Crippen molar-refractivity contribution >= 4 is 43.5 Å². The largest absolute Gasteiger partial charge is 0.495 e. The van der Waals surface area contributed by atoms with E-state index in [0.29, 0.717) is 0 Å². The second-order valence-corrected chi connectivity index (χ2v) is 12.7. The molecule has 4 rings (SSSR count). The van der Waals surface area contributed by atoms with Crippen molar-refractivity contribution in [1.82, 2.24) is 10.2 Å². The molecule has 0 aliphatic rings. The highest BCUT2D eigenvalue weighted by Crippen LogP contribution is 2.33. The number of amides is 2. The van der Waals surface area contributed by atoms with E-state index in [1.165, 1.54) is 31.2 Å². The summed E-state index contributed by atoms with van der Waals surface area (Å²) in [6, 6.07) is 29.0. The van der Waals surface area contributed by atoms with Crippen molar-refractivity contribution in [2.24, 2.45) is 0 Å². The molecule has 0 aromatic heterocycles. The molecule has 0 bridgehead atoms. The zero-order valence-electron chi connectivity index (χ0n) is 24.2. The van der Waals surface area contributed by atoms with E-state index < -0.39 is 28.5 Å². The number of carbonyl (C=O) groups excluding carboxylic acids is 2. The molecule has 0 radical (unpaired) electrons. The summed E-state index contributed by atoms with van der Waals surface area (Å²) in [7, 11) is -1.26. The van der Waals surface area contributed by atoms with Gasteiger partial charge in [0.1, 0.15) is 18.3 Å². The van der Waals surface area contributed by atoms with E-state index in [0.717, 1.165) is 25.5 Å². The van der Waals surface area contributed by atoms with Crippen molar-refractivity contribution in [1.29, 1.82) is 0 Å². The van der Waals surface area contributed by atoms with Crippen LogP contribution in [-0.4, -0.2) is 51.9 Å². The fourth-order valence-corrected chi connectivity index (χ4v) is 6.38. The van der Waals surface area contributed by atoms with Crippen LogP contribution in [-0.2, 0) is 32.6 Å². The van der Waals surface area contributed by atoms with Crippen molar-refractivity contribution < 1.29 is 22.7 Å². The number of hydrogen-bond acceptors (Lipinski definition) is 5. The van der Waals surface area contributed by atoms with E-state index in [1.54, 1.807) is 36.4 Å². The van der Waals surface area contributed by atoms with Crippen LogP contribution in [0.5, 0.6) is 5.75 Å². The molecule has 4 aromatic rings. The third-order valence-electron chi connectivity index (χ3n) is 7.03. The van der Waals surface area contributed by atoms with Crippen LogP contribution >= 0.6 is 15.9 Å². The number of nitrogens with one attached hydrogen (secondary N) is 1. The Balaban J connectivity index is 1.81. The number of benzene rings is 4. The maximum atomic E-state index is 14.4. The van der Waals surface area contributed by atoms with Crippen LogP contribution in [0.15, 0.2) is 112 Å². The molecule has 1 atom stereocenters. The van der Waals surface area contributed by atoms with Crippen molar-refractivity contribution in [2.45, 2.75) is 30.8 Å². The summed E-state index contributed by atoms with van der Waals surface area (Å²) in [5.74, 6) is -0.619. The van der Waals surface area contributed by atoms with Gasteiger partial charge in [0.15, 0.2) is 0 Å². The fourth-order valence-electron chi connectivity index (χ4n) is 4.69. The van der Waals surface area contributed by atoms with Gasteiger partial charge in [-0.15, -0.1) is 0 Å². The monoisotopic (exact) mass is 663 g/mol. The van der Waals surface area contributed by atoms with E-state index in [4.69, 9.17) is 4.74 Å². The minimum Gasteiger partial charge on any atom is -0.495 e. The van der Waals surface area contributed by atoms with Crippen LogP contribution in [0, 0.1) is 6.92 Å². The number of methoxy groups -OCH3 is 1. The number of sulfonamides is 1. The molecule has 0 saturated carbocycles. The Bertz CT molecular complexity index is 1650. The fraction of sp³-hybridized carbons (Fsp3) is 0.212. The van der Waals surface area contributed by atoms with Gasteiger partial charge in [-0.3, -0.25) is 13.9 Å². The Morgan fingerprint density at radius 1 is 0.860 bits per heavy atom. The van der Waals surface area contributed by atoms with Gasteiger partial charge < -0.3 is 15.0 Å². The lowest BCUT2D eigenvalue weighted by Crippen LogP contribution is -2.53. The molecule has 0 unspecified atom stereocenters.